The van der Waals surface area contributed by atoms with Gasteiger partial charge in [0.25, 0.3) is 5.82 Å². The van der Waals surface area contributed by atoms with Gasteiger partial charge in [-0.25, -0.2) is 23.9 Å². The Morgan fingerprint density at radius 3 is 2.54 bits per heavy atom. The molecule has 254 valence electrons. The van der Waals surface area contributed by atoms with Crippen molar-refractivity contribution in [3.05, 3.63) is 48.7 Å². The molecule has 15 heteroatoms. The molecule has 0 saturated carbocycles. The molecule has 0 unspecified atom stereocenters. The number of aromatic nitrogens is 7. The molecule has 3 N–H and O–H groups in total. The van der Waals surface area contributed by atoms with Crippen molar-refractivity contribution in [2.75, 3.05) is 23.7 Å². The minimum Gasteiger partial charge on any atom is -0.554 e. The highest BCUT2D eigenvalue weighted by Crippen LogP contribution is 2.29. The van der Waals surface area contributed by atoms with Crippen molar-refractivity contribution in [2.45, 2.75) is 78.7 Å². The number of piperidine rings is 1. The molecular weight excluding hydrogens is 616 g/mol. The lowest BCUT2D eigenvalue weighted by molar-refractivity contribution is -0.676. The minimum atomic E-state index is -0.505. The van der Waals surface area contributed by atoms with E-state index in [1.165, 1.54) is 4.90 Å². The lowest BCUT2D eigenvalue weighted by atomic mass is 10.1. The van der Waals surface area contributed by atoms with Crippen LogP contribution in [0.5, 0.6) is 0 Å². The quantitative estimate of drug-likeness (QED) is 0.187. The van der Waals surface area contributed by atoms with Gasteiger partial charge in [-0.1, -0.05) is 0 Å². The zero-order valence-electron chi connectivity index (χ0n) is 27.9. The average Bonchev–Trinajstić information content (AvgIpc) is 3.80. The third kappa shape index (κ3) is 6.94. The molecule has 1 fully saturated rings. The number of nitrogens with one attached hydrogen (secondary N) is 1. The number of nitrogens with zero attached hydrogens (tertiary/aromatic N) is 8. The number of imidazole rings is 1. The molecule has 5 heterocycles. The molecule has 0 atom stereocenters. The normalized spacial score (nSPS) is 13.7. The zero-order chi connectivity index (χ0) is 34.6. The molecule has 48 heavy (non-hydrogen) atoms. The summed E-state index contributed by atoms with van der Waals surface area (Å²) in [6.07, 6.45) is 7.88. The summed E-state index contributed by atoms with van der Waals surface area (Å²) in [5, 5.41) is 13.0. The van der Waals surface area contributed by atoms with Gasteiger partial charge in [-0.2, -0.15) is 5.10 Å². The van der Waals surface area contributed by atoms with Crippen LogP contribution in [0.4, 0.5) is 16.4 Å². The number of carbonyl (C=O) groups excluding carboxylic acids is 3. The van der Waals surface area contributed by atoms with Crippen LogP contribution >= 0.6 is 0 Å². The summed E-state index contributed by atoms with van der Waals surface area (Å²) in [4.78, 5) is 48.4. The smallest absolute Gasteiger partial charge is 0.410 e. The monoisotopic (exact) mass is 658 g/mol. The number of anilines is 2. The third-order valence-corrected chi connectivity index (χ3v) is 8.34. The molecule has 5 aromatic rings. The van der Waals surface area contributed by atoms with Crippen LogP contribution in [0.15, 0.2) is 42.9 Å². The number of nitrogens with two attached hydrogens (primary N) is 1. The van der Waals surface area contributed by atoms with Gasteiger partial charge in [0, 0.05) is 37.5 Å². The number of benzene rings is 1. The predicted molar refractivity (Wildman–Crippen MR) is 177 cm³/mol. The van der Waals surface area contributed by atoms with E-state index in [1.807, 2.05) is 31.6 Å². The second-order valence-electron chi connectivity index (χ2n) is 12.5. The van der Waals surface area contributed by atoms with Crippen molar-refractivity contribution >= 4 is 52.8 Å². The number of aromatic amines is 1. The highest BCUT2D eigenvalue weighted by atomic mass is 16.6. The molecule has 0 radical (unpaired) electrons. The van der Waals surface area contributed by atoms with E-state index in [0.717, 1.165) is 53.8 Å². The van der Waals surface area contributed by atoms with Gasteiger partial charge in [-0.3, -0.25) is 14.4 Å². The van der Waals surface area contributed by atoms with Crippen LogP contribution in [0.3, 0.4) is 0 Å². The molecule has 2 amide bonds. The molecule has 0 spiro atoms. The van der Waals surface area contributed by atoms with Crippen molar-refractivity contribution in [3.8, 4) is 11.1 Å². The Morgan fingerprint density at radius 2 is 1.90 bits per heavy atom. The first-order chi connectivity index (χ1) is 23.0. The minimum absolute atomic E-state index is 0.189. The summed E-state index contributed by atoms with van der Waals surface area (Å²) in [5.41, 5.74) is 11.2. The van der Waals surface area contributed by atoms with Crippen LogP contribution < -0.4 is 20.3 Å². The third-order valence-electron chi connectivity index (χ3n) is 8.34. The number of nitrogen functional groups attached to an aromatic ring is 1. The Morgan fingerprint density at radius 1 is 1.17 bits per heavy atom. The Bertz CT molecular complexity index is 1910. The van der Waals surface area contributed by atoms with Gasteiger partial charge < -0.3 is 30.3 Å². The van der Waals surface area contributed by atoms with Gasteiger partial charge in [-0.15, -0.1) is 0 Å². The van der Waals surface area contributed by atoms with E-state index in [0.29, 0.717) is 36.6 Å². The number of hydrogen-bond acceptors (Lipinski definition) is 9. The Labute approximate surface area is 277 Å². The van der Waals surface area contributed by atoms with Crippen molar-refractivity contribution in [1.82, 2.24) is 34.2 Å². The number of carboxylic acid groups (broad SMARTS) is 1. The van der Waals surface area contributed by atoms with Gasteiger partial charge in [0.1, 0.15) is 17.7 Å². The Balaban J connectivity index is 0.00000145. The fourth-order valence-electron chi connectivity index (χ4n) is 6.17. The van der Waals surface area contributed by atoms with E-state index < -0.39 is 12.1 Å². The predicted octanol–water partition coefficient (Wildman–Crippen LogP) is 2.79. The molecule has 1 aliphatic rings. The number of ether oxygens (including phenoxy) is 1. The molecule has 15 nitrogen and oxygen atoms in total. The molecule has 0 bridgehead atoms. The largest absolute Gasteiger partial charge is 0.554 e. The molecule has 1 aliphatic heterocycles. The highest BCUT2D eigenvalue weighted by Gasteiger charge is 2.29. The summed E-state index contributed by atoms with van der Waals surface area (Å²) >= 11 is 0. The van der Waals surface area contributed by atoms with E-state index in [1.54, 1.807) is 17.2 Å². The van der Waals surface area contributed by atoms with Crippen LogP contribution in [0.1, 0.15) is 59.3 Å². The Kier molecular flexibility index (Phi) is 9.96. The number of hydrogen-bond donors (Lipinski definition) is 2. The first kappa shape index (κ1) is 33.9. The summed E-state index contributed by atoms with van der Waals surface area (Å²) in [6.45, 7) is 12.3. The lowest BCUT2D eigenvalue weighted by Gasteiger charge is -2.33. The molecular formula is C33H42N10O5. The lowest BCUT2D eigenvalue weighted by Crippen LogP contribution is -2.42. The summed E-state index contributed by atoms with van der Waals surface area (Å²) < 4.78 is 12.0. The SMILES string of the molecule is CCn1c(CN(C=O)c2nc3cc[nH]c3nc2N)[n+](CC)c2ccc(-c3cnn(C4CCN(C(=O)OC(C)(C)C)CC4)c3)cc21.O=C[O-]. The molecule has 1 saturated heterocycles. The fourth-order valence-corrected chi connectivity index (χ4v) is 6.17. The number of carbonyl (C=O) groups is 3. The van der Waals surface area contributed by atoms with E-state index in [9.17, 15) is 9.59 Å². The van der Waals surface area contributed by atoms with Crippen LogP contribution in [0.25, 0.3) is 33.3 Å². The van der Waals surface area contributed by atoms with E-state index >= 15 is 0 Å². The molecule has 6 rings (SSSR count). The van der Waals surface area contributed by atoms with Crippen molar-refractivity contribution < 1.29 is 28.8 Å². The van der Waals surface area contributed by atoms with Gasteiger partial charge in [-0.05, 0) is 77.3 Å². The van der Waals surface area contributed by atoms with Gasteiger partial charge in [0.05, 0.1) is 25.3 Å². The second kappa shape index (κ2) is 14.1. The number of H-pyrrole nitrogens is 1. The van der Waals surface area contributed by atoms with Gasteiger partial charge >= 0.3 is 6.09 Å². The maximum atomic E-state index is 12.5. The first-order valence-corrected chi connectivity index (χ1v) is 16.0. The van der Waals surface area contributed by atoms with Crippen LogP contribution in [-0.2, 0) is 34.0 Å². The average molecular weight is 659 g/mol. The van der Waals surface area contributed by atoms with Crippen molar-refractivity contribution in [2.24, 2.45) is 0 Å². The topological polar surface area (TPSA) is 184 Å². The van der Waals surface area contributed by atoms with Gasteiger partial charge in [0.15, 0.2) is 28.3 Å². The number of likely N-dealkylation sites (tertiary alicyclic amines) is 1. The molecule has 0 aliphatic carbocycles. The summed E-state index contributed by atoms with van der Waals surface area (Å²) in [6, 6.07) is 8.45. The van der Waals surface area contributed by atoms with E-state index in [2.05, 4.69) is 62.3 Å². The maximum absolute atomic E-state index is 12.5. The Hall–Kier alpha value is -5.47. The standard InChI is InChI=1S/C32H41N10O3.CH2O2/c1-6-40-25-9-8-21(22-17-35-42(18-22)23-11-14-38(15-12-23)31(44)45-32(3,4)5)16-26(25)41(7-2)27(40)19-39(20-43)30-28(33)37-29-24(36-30)10-13-34-29;2-1-3/h8-10,13,16-18,20,23H,6-7,11-12,14-15,19H2,1-5H3,(H3,33,34,37);1H,(H,2,3)/q+1;/p-1. The summed E-state index contributed by atoms with van der Waals surface area (Å²) in [5.74, 6) is 1.48. The van der Waals surface area contributed by atoms with E-state index in [-0.39, 0.29) is 24.5 Å². The zero-order valence-corrected chi connectivity index (χ0v) is 27.9. The van der Waals surface area contributed by atoms with Crippen LogP contribution in [0.2, 0.25) is 0 Å². The molecule has 1 aromatic carbocycles. The number of rotatable bonds is 8. The second-order valence-corrected chi connectivity index (χ2v) is 12.5. The van der Waals surface area contributed by atoms with Crippen LogP contribution in [-0.4, -0.2) is 71.9 Å². The number of aryl methyl sites for hydroxylation is 2. The van der Waals surface area contributed by atoms with E-state index in [4.69, 9.17) is 25.5 Å². The van der Waals surface area contributed by atoms with Gasteiger partial charge in [0.2, 0.25) is 6.41 Å². The first-order valence-electron chi connectivity index (χ1n) is 16.0. The van der Waals surface area contributed by atoms with Crippen molar-refractivity contribution in [1.29, 1.82) is 0 Å². The van der Waals surface area contributed by atoms with Crippen molar-refractivity contribution in [3.63, 3.8) is 0 Å². The number of amides is 2. The highest BCUT2D eigenvalue weighted by molar-refractivity contribution is 5.84. The fraction of sp³-hybridized carbons (Fsp3) is 0.424. The van der Waals surface area contributed by atoms with Crippen LogP contribution in [0, 0.1) is 0 Å². The molecule has 4 aromatic heterocycles. The number of fused-ring (bicyclic) bond motifs is 2. The summed E-state index contributed by atoms with van der Waals surface area (Å²) in [7, 11) is 0. The maximum Gasteiger partial charge on any atom is 0.410 e.